The van der Waals surface area contributed by atoms with Crippen LogP contribution in [0.4, 0.5) is 11.7 Å². The van der Waals surface area contributed by atoms with Gasteiger partial charge in [-0.1, -0.05) is 31.2 Å². The van der Waals surface area contributed by atoms with E-state index in [2.05, 4.69) is 35.4 Å². The third-order valence-electron chi connectivity index (χ3n) is 3.34. The van der Waals surface area contributed by atoms with Crippen LogP contribution in [0.3, 0.4) is 0 Å². The van der Waals surface area contributed by atoms with Crippen LogP contribution >= 0.6 is 0 Å². The molecular weight excluding hydrogens is 250 g/mol. The number of benzene rings is 2. The number of aromatic nitrogens is 1. The Hall–Kier alpha value is -2.49. The van der Waals surface area contributed by atoms with Crippen molar-refractivity contribution in [3.63, 3.8) is 0 Å². The standard InChI is InChI=1S/C16H17N3O/c1-2-11-5-3-4-6-12(11)10-18-16-19-14-9-13(17)7-8-15(14)20-16/h3-9H,2,10,17H2,1H3,(H,18,19). The first-order valence-electron chi connectivity index (χ1n) is 6.73. The smallest absolute Gasteiger partial charge is 0.295 e. The topological polar surface area (TPSA) is 64.1 Å². The van der Waals surface area contributed by atoms with E-state index < -0.39 is 0 Å². The molecule has 4 heteroatoms. The van der Waals surface area contributed by atoms with Crippen LogP contribution in [0.25, 0.3) is 11.1 Å². The van der Waals surface area contributed by atoms with Crippen molar-refractivity contribution < 1.29 is 4.42 Å². The van der Waals surface area contributed by atoms with Crippen molar-refractivity contribution in [2.45, 2.75) is 19.9 Å². The Morgan fingerprint density at radius 3 is 2.75 bits per heavy atom. The normalized spacial score (nSPS) is 10.8. The summed E-state index contributed by atoms with van der Waals surface area (Å²) in [7, 11) is 0. The zero-order valence-corrected chi connectivity index (χ0v) is 11.4. The number of anilines is 2. The molecule has 0 aliphatic carbocycles. The van der Waals surface area contributed by atoms with E-state index in [4.69, 9.17) is 10.2 Å². The van der Waals surface area contributed by atoms with E-state index in [1.165, 1.54) is 11.1 Å². The minimum atomic E-state index is 0.525. The maximum atomic E-state index is 5.73. The third-order valence-corrected chi connectivity index (χ3v) is 3.34. The van der Waals surface area contributed by atoms with Gasteiger partial charge in [-0.2, -0.15) is 4.98 Å². The van der Waals surface area contributed by atoms with Crippen LogP contribution < -0.4 is 11.1 Å². The first-order valence-corrected chi connectivity index (χ1v) is 6.73. The molecule has 3 N–H and O–H groups in total. The third kappa shape index (κ3) is 2.45. The van der Waals surface area contributed by atoms with Gasteiger partial charge >= 0.3 is 0 Å². The largest absolute Gasteiger partial charge is 0.424 e. The lowest BCUT2D eigenvalue weighted by Gasteiger charge is -2.07. The minimum absolute atomic E-state index is 0.525. The highest BCUT2D eigenvalue weighted by Gasteiger charge is 2.06. The fourth-order valence-corrected chi connectivity index (χ4v) is 2.27. The van der Waals surface area contributed by atoms with Crippen molar-refractivity contribution in [1.82, 2.24) is 4.98 Å². The fourth-order valence-electron chi connectivity index (χ4n) is 2.27. The van der Waals surface area contributed by atoms with E-state index in [0.29, 0.717) is 18.2 Å². The van der Waals surface area contributed by atoms with E-state index in [-0.39, 0.29) is 0 Å². The summed E-state index contributed by atoms with van der Waals surface area (Å²) in [5, 5.41) is 3.23. The Bertz CT molecular complexity index is 733. The van der Waals surface area contributed by atoms with Gasteiger partial charge in [-0.3, -0.25) is 0 Å². The second kappa shape index (κ2) is 5.25. The van der Waals surface area contributed by atoms with Crippen molar-refractivity contribution >= 4 is 22.8 Å². The zero-order valence-electron chi connectivity index (χ0n) is 11.4. The fraction of sp³-hybridized carbons (Fsp3) is 0.188. The van der Waals surface area contributed by atoms with Crippen molar-refractivity contribution in [2.24, 2.45) is 0 Å². The number of fused-ring (bicyclic) bond motifs is 1. The Kier molecular flexibility index (Phi) is 3.29. The average molecular weight is 267 g/mol. The van der Waals surface area contributed by atoms with Gasteiger partial charge in [0.25, 0.3) is 6.01 Å². The van der Waals surface area contributed by atoms with Crippen LogP contribution in [0.5, 0.6) is 0 Å². The second-order valence-corrected chi connectivity index (χ2v) is 4.72. The Morgan fingerprint density at radius 1 is 1.15 bits per heavy atom. The molecule has 1 aromatic heterocycles. The molecule has 0 amide bonds. The van der Waals surface area contributed by atoms with Crippen molar-refractivity contribution in [1.29, 1.82) is 0 Å². The SMILES string of the molecule is CCc1ccccc1CNc1nc2cc(N)ccc2o1. The van der Waals surface area contributed by atoms with Gasteiger partial charge in [-0.15, -0.1) is 0 Å². The highest BCUT2D eigenvalue weighted by molar-refractivity contribution is 5.78. The molecule has 0 spiro atoms. The molecule has 0 saturated heterocycles. The number of hydrogen-bond donors (Lipinski definition) is 2. The summed E-state index contributed by atoms with van der Waals surface area (Å²) in [6.07, 6.45) is 1.02. The van der Waals surface area contributed by atoms with Gasteiger partial charge in [0, 0.05) is 12.2 Å². The van der Waals surface area contributed by atoms with E-state index in [1.54, 1.807) is 0 Å². The van der Waals surface area contributed by atoms with E-state index >= 15 is 0 Å². The Balaban J connectivity index is 1.79. The first-order chi connectivity index (χ1) is 9.76. The van der Waals surface area contributed by atoms with Crippen LogP contribution in [0, 0.1) is 0 Å². The summed E-state index contributed by atoms with van der Waals surface area (Å²) < 4.78 is 5.64. The lowest BCUT2D eigenvalue weighted by atomic mass is 10.1. The molecule has 4 nitrogen and oxygen atoms in total. The maximum absolute atomic E-state index is 5.73. The van der Waals surface area contributed by atoms with Gasteiger partial charge < -0.3 is 15.5 Å². The number of oxazole rings is 1. The number of nitrogens with one attached hydrogen (secondary N) is 1. The molecule has 102 valence electrons. The molecular formula is C16H17N3O. The maximum Gasteiger partial charge on any atom is 0.295 e. The molecule has 3 aromatic rings. The molecule has 0 aliphatic heterocycles. The molecule has 0 radical (unpaired) electrons. The molecule has 0 bridgehead atoms. The Morgan fingerprint density at radius 2 is 1.95 bits per heavy atom. The number of nitrogen functional groups attached to an aromatic ring is 1. The summed E-state index contributed by atoms with van der Waals surface area (Å²) >= 11 is 0. The second-order valence-electron chi connectivity index (χ2n) is 4.72. The van der Waals surface area contributed by atoms with Gasteiger partial charge in [0.2, 0.25) is 0 Å². The predicted molar refractivity (Wildman–Crippen MR) is 81.6 cm³/mol. The molecule has 0 unspecified atom stereocenters. The summed E-state index contributed by atoms with van der Waals surface area (Å²) in [5.74, 6) is 0. The van der Waals surface area contributed by atoms with Crippen molar-refractivity contribution in [3.8, 4) is 0 Å². The molecule has 2 aromatic carbocycles. The first kappa shape index (κ1) is 12.5. The van der Waals surface area contributed by atoms with Gasteiger partial charge in [0.1, 0.15) is 5.52 Å². The van der Waals surface area contributed by atoms with Crippen LogP contribution in [-0.2, 0) is 13.0 Å². The van der Waals surface area contributed by atoms with Gasteiger partial charge in [-0.05, 0) is 35.7 Å². The van der Waals surface area contributed by atoms with Crippen LogP contribution in [0.1, 0.15) is 18.1 Å². The van der Waals surface area contributed by atoms with Crippen LogP contribution in [0.15, 0.2) is 46.9 Å². The highest BCUT2D eigenvalue weighted by atomic mass is 16.4. The van der Waals surface area contributed by atoms with Gasteiger partial charge in [0.15, 0.2) is 5.58 Å². The minimum Gasteiger partial charge on any atom is -0.424 e. The summed E-state index contributed by atoms with van der Waals surface area (Å²) in [6, 6.07) is 14.3. The van der Waals surface area contributed by atoms with E-state index in [0.717, 1.165) is 17.5 Å². The van der Waals surface area contributed by atoms with Crippen molar-refractivity contribution in [3.05, 3.63) is 53.6 Å². The highest BCUT2D eigenvalue weighted by Crippen LogP contribution is 2.21. The molecule has 1 heterocycles. The summed E-state index contributed by atoms with van der Waals surface area (Å²) in [4.78, 5) is 4.39. The lowest BCUT2D eigenvalue weighted by Crippen LogP contribution is -2.02. The molecule has 0 fully saturated rings. The average Bonchev–Trinajstić information content (AvgIpc) is 2.87. The van der Waals surface area contributed by atoms with E-state index in [1.807, 2.05) is 24.3 Å². The molecule has 20 heavy (non-hydrogen) atoms. The zero-order chi connectivity index (χ0) is 13.9. The predicted octanol–water partition coefficient (Wildman–Crippen LogP) is 3.58. The number of hydrogen-bond acceptors (Lipinski definition) is 4. The Labute approximate surface area is 117 Å². The monoisotopic (exact) mass is 267 g/mol. The summed E-state index contributed by atoms with van der Waals surface area (Å²) in [5.41, 5.74) is 10.5. The molecule has 0 saturated carbocycles. The number of nitrogens with zero attached hydrogens (tertiary/aromatic N) is 1. The number of aryl methyl sites for hydroxylation is 1. The quantitative estimate of drug-likeness (QED) is 0.709. The van der Waals surface area contributed by atoms with Crippen molar-refractivity contribution in [2.75, 3.05) is 11.1 Å². The van der Waals surface area contributed by atoms with Crippen LogP contribution in [-0.4, -0.2) is 4.98 Å². The summed E-state index contributed by atoms with van der Waals surface area (Å²) in [6.45, 7) is 2.85. The molecule has 0 aliphatic rings. The molecule has 0 atom stereocenters. The lowest BCUT2D eigenvalue weighted by molar-refractivity contribution is 0.614. The van der Waals surface area contributed by atoms with Crippen LogP contribution in [0.2, 0.25) is 0 Å². The number of rotatable bonds is 4. The number of nitrogens with two attached hydrogens (primary N) is 1. The van der Waals surface area contributed by atoms with Gasteiger partial charge in [-0.25, -0.2) is 0 Å². The van der Waals surface area contributed by atoms with E-state index in [9.17, 15) is 0 Å². The van der Waals surface area contributed by atoms with Gasteiger partial charge in [0.05, 0.1) is 0 Å². The molecule has 3 rings (SSSR count).